The average Bonchev–Trinajstić information content (AvgIpc) is 2.70. The van der Waals surface area contributed by atoms with Crippen molar-refractivity contribution in [2.24, 2.45) is 0 Å². The Morgan fingerprint density at radius 1 is 1.67 bits per heavy atom. The minimum Gasteiger partial charge on any atom is -0.463 e. The molecule has 0 bridgehead atoms. The molecule has 100 valence electrons. The van der Waals surface area contributed by atoms with E-state index < -0.39 is 5.97 Å². The fraction of sp³-hybridized carbons (Fsp3) is 0.462. The first kappa shape index (κ1) is 14.5. The maximum absolute atomic E-state index is 11.4. The zero-order chi connectivity index (χ0) is 13.5. The van der Waals surface area contributed by atoms with Gasteiger partial charge < -0.3 is 14.3 Å². The number of aliphatic hydroxyl groups excluding tert-OH is 1. The van der Waals surface area contributed by atoms with Crippen LogP contribution in [0.25, 0.3) is 0 Å². The zero-order valence-electron chi connectivity index (χ0n) is 10.8. The minimum atomic E-state index is -0.476. The van der Waals surface area contributed by atoms with E-state index in [0.717, 1.165) is 5.56 Å². The van der Waals surface area contributed by atoms with Crippen LogP contribution in [-0.4, -0.2) is 42.8 Å². The lowest BCUT2D eigenvalue weighted by Crippen LogP contribution is -2.26. The van der Waals surface area contributed by atoms with Gasteiger partial charge in [-0.05, 0) is 13.0 Å². The van der Waals surface area contributed by atoms with Gasteiger partial charge in [0, 0.05) is 18.7 Å². The number of esters is 1. The quantitative estimate of drug-likeness (QED) is 0.587. The summed E-state index contributed by atoms with van der Waals surface area (Å²) in [7, 11) is 1.32. The van der Waals surface area contributed by atoms with Crippen LogP contribution in [0.1, 0.15) is 21.9 Å². The van der Waals surface area contributed by atoms with Gasteiger partial charge >= 0.3 is 5.97 Å². The Labute approximate surface area is 107 Å². The lowest BCUT2D eigenvalue weighted by Gasteiger charge is -2.17. The van der Waals surface area contributed by atoms with Crippen LogP contribution in [-0.2, 0) is 11.3 Å². The van der Waals surface area contributed by atoms with Crippen LogP contribution in [0.5, 0.6) is 0 Å². The average molecular weight is 253 g/mol. The molecule has 5 nitrogen and oxygen atoms in total. The topological polar surface area (TPSA) is 62.9 Å². The molecule has 18 heavy (non-hydrogen) atoms. The Morgan fingerprint density at radius 3 is 2.94 bits per heavy atom. The van der Waals surface area contributed by atoms with E-state index in [1.54, 1.807) is 19.1 Å². The number of furan rings is 1. The van der Waals surface area contributed by atoms with Crippen molar-refractivity contribution in [2.75, 3.05) is 26.8 Å². The number of hydrogen-bond donors (Lipinski definition) is 1. The molecule has 0 saturated carbocycles. The van der Waals surface area contributed by atoms with Crippen molar-refractivity contribution in [3.05, 3.63) is 35.8 Å². The summed E-state index contributed by atoms with van der Waals surface area (Å²) >= 11 is 0. The summed E-state index contributed by atoms with van der Waals surface area (Å²) in [4.78, 5) is 13.4. The predicted molar refractivity (Wildman–Crippen MR) is 67.3 cm³/mol. The summed E-state index contributed by atoms with van der Waals surface area (Å²) in [5.74, 6) is 0.425. The molecular formula is C13H19NO4. The summed E-state index contributed by atoms with van der Waals surface area (Å²) in [6, 6.07) is 1.81. The van der Waals surface area contributed by atoms with Gasteiger partial charge in [0.25, 0.3) is 0 Å². The van der Waals surface area contributed by atoms with Gasteiger partial charge in [-0.2, -0.15) is 0 Å². The van der Waals surface area contributed by atoms with Gasteiger partial charge in [-0.15, -0.1) is 6.58 Å². The van der Waals surface area contributed by atoms with E-state index in [9.17, 15) is 4.79 Å². The minimum absolute atomic E-state index is 0.0669. The molecule has 1 rings (SSSR count). The molecule has 1 aromatic heterocycles. The van der Waals surface area contributed by atoms with Gasteiger partial charge in [0.05, 0.1) is 20.3 Å². The highest BCUT2D eigenvalue weighted by atomic mass is 16.5. The highest BCUT2D eigenvalue weighted by Gasteiger charge is 2.17. The molecule has 1 N–H and O–H groups in total. The zero-order valence-corrected chi connectivity index (χ0v) is 10.8. The van der Waals surface area contributed by atoms with Crippen molar-refractivity contribution >= 4 is 5.97 Å². The maximum atomic E-state index is 11.4. The molecule has 0 aromatic carbocycles. The largest absolute Gasteiger partial charge is 0.463 e. The fourth-order valence-electron chi connectivity index (χ4n) is 1.70. The van der Waals surface area contributed by atoms with Crippen LogP contribution in [0.3, 0.4) is 0 Å². The van der Waals surface area contributed by atoms with Crippen molar-refractivity contribution in [1.82, 2.24) is 4.90 Å². The Morgan fingerprint density at radius 2 is 2.39 bits per heavy atom. The third-order valence-electron chi connectivity index (χ3n) is 2.52. The Kier molecular flexibility index (Phi) is 5.61. The molecule has 0 unspecified atom stereocenters. The van der Waals surface area contributed by atoms with Crippen molar-refractivity contribution in [1.29, 1.82) is 0 Å². The first-order valence-corrected chi connectivity index (χ1v) is 5.74. The number of carbonyl (C=O) groups excluding carboxylic acids is 1. The standard InChI is InChI=1S/C13H19NO4/c1-4-5-14(6-7-15)9-11-8-10(2)12(18-11)13(16)17-3/h4,8,15H,1,5-7,9H2,2-3H3. The molecule has 1 aromatic rings. The number of carbonyl (C=O) groups is 1. The number of aryl methyl sites for hydroxylation is 1. The second-order valence-corrected chi connectivity index (χ2v) is 3.96. The summed E-state index contributed by atoms with van der Waals surface area (Å²) < 4.78 is 10.1. The normalized spacial score (nSPS) is 10.7. The molecule has 0 aliphatic heterocycles. The maximum Gasteiger partial charge on any atom is 0.374 e. The second kappa shape index (κ2) is 6.98. The first-order valence-electron chi connectivity index (χ1n) is 5.74. The van der Waals surface area contributed by atoms with E-state index in [1.807, 2.05) is 4.90 Å². The lowest BCUT2D eigenvalue weighted by molar-refractivity contribution is 0.0559. The van der Waals surface area contributed by atoms with Gasteiger partial charge in [0.2, 0.25) is 5.76 Å². The predicted octanol–water partition coefficient (Wildman–Crippen LogP) is 1.35. The first-order chi connectivity index (χ1) is 8.62. The Bertz CT molecular complexity index is 411. The van der Waals surface area contributed by atoms with Gasteiger partial charge in [0.1, 0.15) is 5.76 Å². The van der Waals surface area contributed by atoms with E-state index in [-0.39, 0.29) is 12.4 Å². The SMILES string of the molecule is C=CCN(CCO)Cc1cc(C)c(C(=O)OC)o1. The molecule has 0 radical (unpaired) electrons. The van der Waals surface area contributed by atoms with E-state index in [1.165, 1.54) is 7.11 Å². The molecule has 5 heteroatoms. The van der Waals surface area contributed by atoms with Crippen molar-refractivity contribution < 1.29 is 19.1 Å². The van der Waals surface area contributed by atoms with Crippen LogP contribution in [0.4, 0.5) is 0 Å². The fourth-order valence-corrected chi connectivity index (χ4v) is 1.70. The van der Waals surface area contributed by atoms with Crippen LogP contribution in [0.15, 0.2) is 23.1 Å². The second-order valence-electron chi connectivity index (χ2n) is 3.96. The molecule has 0 atom stereocenters. The third-order valence-corrected chi connectivity index (χ3v) is 2.52. The molecular weight excluding hydrogens is 234 g/mol. The molecule has 1 heterocycles. The van der Waals surface area contributed by atoms with Crippen LogP contribution < -0.4 is 0 Å². The summed E-state index contributed by atoms with van der Waals surface area (Å²) in [5.41, 5.74) is 0.749. The summed E-state index contributed by atoms with van der Waals surface area (Å²) in [6.07, 6.45) is 1.76. The van der Waals surface area contributed by atoms with Crippen molar-refractivity contribution in [3.63, 3.8) is 0 Å². The van der Waals surface area contributed by atoms with Crippen LogP contribution >= 0.6 is 0 Å². The monoisotopic (exact) mass is 253 g/mol. The number of methoxy groups -OCH3 is 1. The van der Waals surface area contributed by atoms with Crippen molar-refractivity contribution in [2.45, 2.75) is 13.5 Å². The Balaban J connectivity index is 2.77. The molecule has 0 spiro atoms. The van der Waals surface area contributed by atoms with Gasteiger partial charge in [-0.3, -0.25) is 4.90 Å². The van der Waals surface area contributed by atoms with E-state index >= 15 is 0 Å². The lowest BCUT2D eigenvalue weighted by atomic mass is 10.2. The van der Waals surface area contributed by atoms with E-state index in [4.69, 9.17) is 9.52 Å². The number of rotatable bonds is 7. The Hall–Kier alpha value is -1.59. The van der Waals surface area contributed by atoms with E-state index in [2.05, 4.69) is 11.3 Å². The van der Waals surface area contributed by atoms with Crippen LogP contribution in [0.2, 0.25) is 0 Å². The molecule has 0 aliphatic rings. The van der Waals surface area contributed by atoms with Crippen LogP contribution in [0, 0.1) is 6.92 Å². The van der Waals surface area contributed by atoms with Gasteiger partial charge in [0.15, 0.2) is 0 Å². The number of nitrogens with zero attached hydrogens (tertiary/aromatic N) is 1. The number of hydrogen-bond acceptors (Lipinski definition) is 5. The highest BCUT2D eigenvalue weighted by Crippen LogP contribution is 2.17. The smallest absolute Gasteiger partial charge is 0.374 e. The highest BCUT2D eigenvalue weighted by molar-refractivity contribution is 5.87. The summed E-state index contributed by atoms with van der Waals surface area (Å²) in [6.45, 7) is 7.21. The third kappa shape index (κ3) is 3.72. The summed E-state index contributed by atoms with van der Waals surface area (Å²) in [5, 5.41) is 8.95. The van der Waals surface area contributed by atoms with Gasteiger partial charge in [-0.25, -0.2) is 4.79 Å². The molecule has 0 saturated heterocycles. The van der Waals surface area contributed by atoms with Gasteiger partial charge in [-0.1, -0.05) is 6.08 Å². The number of ether oxygens (including phenoxy) is 1. The molecule has 0 amide bonds. The molecule has 0 fully saturated rings. The number of aliphatic hydroxyl groups is 1. The van der Waals surface area contributed by atoms with E-state index in [0.29, 0.717) is 25.4 Å². The van der Waals surface area contributed by atoms with Crippen molar-refractivity contribution in [3.8, 4) is 0 Å². The molecule has 0 aliphatic carbocycles.